The summed E-state index contributed by atoms with van der Waals surface area (Å²) in [5.41, 5.74) is 0.343. The monoisotopic (exact) mass is 462 g/mol. The van der Waals surface area contributed by atoms with E-state index >= 15 is 0 Å². The van der Waals surface area contributed by atoms with Gasteiger partial charge in [0, 0.05) is 24.7 Å². The number of amides is 1. The lowest BCUT2D eigenvalue weighted by molar-refractivity contribution is -0.171. The number of hydrogen-bond donors (Lipinski definition) is 2. The van der Waals surface area contributed by atoms with Crippen LogP contribution in [0.25, 0.3) is 0 Å². The van der Waals surface area contributed by atoms with Crippen LogP contribution >= 0.6 is 0 Å². The molecular formula is C24H34N2O5S. The number of rotatable bonds is 5. The minimum atomic E-state index is -3.68. The third-order valence-electron chi connectivity index (χ3n) is 8.38. The fourth-order valence-corrected chi connectivity index (χ4v) is 8.83. The van der Waals surface area contributed by atoms with Gasteiger partial charge >= 0.3 is 0 Å². The van der Waals surface area contributed by atoms with Gasteiger partial charge in [-0.1, -0.05) is 6.07 Å². The van der Waals surface area contributed by atoms with Crippen LogP contribution in [0.3, 0.4) is 0 Å². The number of aryl methyl sites for hydroxylation is 1. The molecule has 1 aromatic rings. The fraction of sp³-hybridized carbons (Fsp3) is 0.708. The lowest BCUT2D eigenvalue weighted by Gasteiger charge is -2.62. The molecule has 1 saturated heterocycles. The molecule has 4 saturated carbocycles. The third-order valence-corrected chi connectivity index (χ3v) is 10.4. The summed E-state index contributed by atoms with van der Waals surface area (Å²) in [6.45, 7) is 5.21. The largest absolute Gasteiger partial charge is 0.390 e. The number of carbonyl (C=O) groups is 1. The van der Waals surface area contributed by atoms with E-state index in [4.69, 9.17) is 4.74 Å². The molecule has 4 aliphatic carbocycles. The second-order valence-electron chi connectivity index (χ2n) is 10.7. The number of sulfonamides is 1. The summed E-state index contributed by atoms with van der Waals surface area (Å²) in [7, 11) is -3.68. The van der Waals surface area contributed by atoms with E-state index in [9.17, 15) is 18.3 Å². The molecule has 0 aromatic heterocycles. The van der Waals surface area contributed by atoms with Crippen molar-refractivity contribution in [1.29, 1.82) is 0 Å². The molecule has 1 amide bonds. The van der Waals surface area contributed by atoms with Gasteiger partial charge in [0.2, 0.25) is 10.0 Å². The number of ether oxygens (including phenoxy) is 1. The fourth-order valence-electron chi connectivity index (χ4n) is 7.17. The van der Waals surface area contributed by atoms with Crippen LogP contribution in [-0.2, 0) is 14.8 Å². The molecule has 0 spiro atoms. The van der Waals surface area contributed by atoms with E-state index in [0.717, 1.165) is 32.1 Å². The van der Waals surface area contributed by atoms with Gasteiger partial charge in [-0.05, 0) is 87.3 Å². The van der Waals surface area contributed by atoms with E-state index in [0.29, 0.717) is 49.3 Å². The van der Waals surface area contributed by atoms with Crippen LogP contribution in [0, 0.1) is 24.2 Å². The third kappa shape index (κ3) is 3.79. The maximum Gasteiger partial charge on any atom is 0.251 e. The Morgan fingerprint density at radius 1 is 1.19 bits per heavy atom. The minimum absolute atomic E-state index is 0.0676. The molecular weight excluding hydrogens is 428 g/mol. The van der Waals surface area contributed by atoms with E-state index in [2.05, 4.69) is 5.32 Å². The first-order valence-corrected chi connectivity index (χ1v) is 13.3. The molecule has 5 fully saturated rings. The Kier molecular flexibility index (Phi) is 5.43. The molecule has 1 aromatic carbocycles. The van der Waals surface area contributed by atoms with Crippen LogP contribution in [0.5, 0.6) is 0 Å². The van der Waals surface area contributed by atoms with E-state index in [1.54, 1.807) is 19.1 Å². The van der Waals surface area contributed by atoms with Gasteiger partial charge < -0.3 is 15.2 Å². The van der Waals surface area contributed by atoms with Gasteiger partial charge in [-0.15, -0.1) is 0 Å². The normalized spacial score (nSPS) is 35.6. The van der Waals surface area contributed by atoms with E-state index in [1.165, 1.54) is 16.8 Å². The summed E-state index contributed by atoms with van der Waals surface area (Å²) >= 11 is 0. The van der Waals surface area contributed by atoms with Crippen molar-refractivity contribution in [2.24, 2.45) is 17.3 Å². The highest BCUT2D eigenvalue weighted by Crippen LogP contribution is 2.62. The highest BCUT2D eigenvalue weighted by molar-refractivity contribution is 7.89. The Morgan fingerprint density at radius 3 is 2.47 bits per heavy atom. The molecule has 1 heterocycles. The van der Waals surface area contributed by atoms with Gasteiger partial charge in [0.15, 0.2) is 0 Å². The molecule has 3 unspecified atom stereocenters. The predicted molar refractivity (Wildman–Crippen MR) is 120 cm³/mol. The lowest BCUT2D eigenvalue weighted by atomic mass is 9.46. The summed E-state index contributed by atoms with van der Waals surface area (Å²) in [5, 5.41) is 14.2. The molecule has 3 atom stereocenters. The van der Waals surface area contributed by atoms with E-state index in [1.807, 2.05) is 6.92 Å². The molecule has 1 aliphatic heterocycles. The van der Waals surface area contributed by atoms with Crippen molar-refractivity contribution in [3.05, 3.63) is 29.3 Å². The van der Waals surface area contributed by atoms with Crippen molar-refractivity contribution in [1.82, 2.24) is 9.62 Å². The summed E-state index contributed by atoms with van der Waals surface area (Å²) in [5.74, 6) is 0.842. The summed E-state index contributed by atoms with van der Waals surface area (Å²) in [6.07, 6.45) is 5.85. The highest BCUT2D eigenvalue weighted by atomic mass is 32.2. The minimum Gasteiger partial charge on any atom is -0.390 e. The highest BCUT2D eigenvalue weighted by Gasteiger charge is 2.59. The Labute approximate surface area is 190 Å². The maximum atomic E-state index is 13.2. The number of morpholine rings is 1. The van der Waals surface area contributed by atoms with Gasteiger partial charge in [0.25, 0.3) is 5.91 Å². The van der Waals surface area contributed by atoms with Crippen LogP contribution < -0.4 is 5.32 Å². The van der Waals surface area contributed by atoms with Crippen LogP contribution in [0.1, 0.15) is 61.4 Å². The molecule has 7 nitrogen and oxygen atoms in total. The molecule has 8 heteroatoms. The number of carbonyl (C=O) groups excluding carboxylic acids is 1. The van der Waals surface area contributed by atoms with Crippen molar-refractivity contribution >= 4 is 15.9 Å². The van der Waals surface area contributed by atoms with E-state index < -0.39 is 15.6 Å². The van der Waals surface area contributed by atoms with Gasteiger partial charge in [0.05, 0.1) is 23.7 Å². The van der Waals surface area contributed by atoms with Gasteiger partial charge in [-0.25, -0.2) is 8.42 Å². The number of nitrogens with zero attached hydrogens (tertiary/aromatic N) is 1. The number of hydrogen-bond acceptors (Lipinski definition) is 5. The van der Waals surface area contributed by atoms with Crippen LogP contribution in [-0.4, -0.2) is 61.7 Å². The number of nitrogens with one attached hydrogen (secondary N) is 1. The SMILES string of the molecule is Cc1ccc(C(=O)NC(C)C23CC4CC(CC(O)(C4)C2)C3)cc1S(=O)(=O)N1CCOCC1. The Balaban J connectivity index is 1.36. The van der Waals surface area contributed by atoms with Crippen molar-refractivity contribution in [3.63, 3.8) is 0 Å². The standard InChI is InChI=1S/C24H34N2O5S/c1-16-3-4-20(10-21(16)32(29,30)26-5-7-31-8-6-26)22(27)25-17(2)23-11-18-9-19(12-23)14-24(28,13-18)15-23/h3-4,10,17-19,28H,5-9,11-15H2,1-2H3,(H,25,27). The average Bonchev–Trinajstić information content (AvgIpc) is 2.72. The van der Waals surface area contributed by atoms with Crippen molar-refractivity contribution in [2.75, 3.05) is 26.3 Å². The van der Waals surface area contributed by atoms with E-state index in [-0.39, 0.29) is 22.3 Å². The first-order valence-electron chi connectivity index (χ1n) is 11.8. The Morgan fingerprint density at radius 2 is 1.84 bits per heavy atom. The second-order valence-corrected chi connectivity index (χ2v) is 12.6. The summed E-state index contributed by atoms with van der Waals surface area (Å²) in [6, 6.07) is 4.84. The van der Waals surface area contributed by atoms with Gasteiger partial charge in [-0.3, -0.25) is 4.79 Å². The molecule has 176 valence electrons. The second kappa shape index (κ2) is 7.79. The quantitative estimate of drug-likeness (QED) is 0.701. The van der Waals surface area contributed by atoms with Crippen LogP contribution in [0.15, 0.2) is 23.1 Å². The molecule has 32 heavy (non-hydrogen) atoms. The van der Waals surface area contributed by atoms with Crippen molar-refractivity contribution in [3.8, 4) is 0 Å². The van der Waals surface area contributed by atoms with Gasteiger partial charge in [-0.2, -0.15) is 4.31 Å². The topological polar surface area (TPSA) is 95.9 Å². The zero-order valence-electron chi connectivity index (χ0n) is 19.0. The zero-order valence-corrected chi connectivity index (χ0v) is 19.8. The molecule has 2 N–H and O–H groups in total. The smallest absolute Gasteiger partial charge is 0.251 e. The maximum absolute atomic E-state index is 13.2. The first kappa shape index (κ1) is 22.3. The van der Waals surface area contributed by atoms with Crippen LogP contribution in [0.4, 0.5) is 0 Å². The summed E-state index contributed by atoms with van der Waals surface area (Å²) < 4.78 is 33.1. The predicted octanol–water partition coefficient (Wildman–Crippen LogP) is 2.47. The molecule has 5 aliphatic rings. The van der Waals surface area contributed by atoms with Crippen molar-refractivity contribution < 1.29 is 23.1 Å². The number of benzene rings is 1. The van der Waals surface area contributed by atoms with Gasteiger partial charge in [0.1, 0.15) is 0 Å². The lowest BCUT2D eigenvalue weighted by Crippen LogP contribution is -2.61. The molecule has 6 rings (SSSR count). The van der Waals surface area contributed by atoms with Crippen LogP contribution in [0.2, 0.25) is 0 Å². The summed E-state index contributed by atoms with van der Waals surface area (Å²) in [4.78, 5) is 13.4. The molecule has 4 bridgehead atoms. The zero-order chi connectivity index (χ0) is 22.7. The Hall–Kier alpha value is -1.48. The number of aliphatic hydroxyl groups is 1. The molecule has 0 radical (unpaired) electrons. The van der Waals surface area contributed by atoms with Crippen molar-refractivity contribution in [2.45, 2.75) is 68.9 Å². The Bertz CT molecular complexity index is 1000. The average molecular weight is 463 g/mol. The first-order chi connectivity index (χ1) is 15.1.